The first kappa shape index (κ1) is 14.4. The molecule has 0 radical (unpaired) electrons. The number of hydrogen-bond acceptors (Lipinski definition) is 7. The number of aliphatic hydroxyl groups is 2. The number of aromatic nitrogens is 4. The van der Waals surface area contributed by atoms with E-state index in [1.54, 1.807) is 6.33 Å². The minimum atomic E-state index is -0.486. The standard InChI is InChI=1S/C17H21N5O3/c23-4-17-3-9-12(10(17)14(13(9)24)25-5-17)22-7-20-11-15(21-8-1-2-8)18-6-19-16(11)22/h6-10,12-14,23-24H,1-5H2,(H,18,19,21)/t9-,10+,12+,13+,14+,17+/m1/s1. The maximum atomic E-state index is 10.7. The molecule has 0 unspecified atom stereocenters. The van der Waals surface area contributed by atoms with E-state index in [0.717, 1.165) is 23.4 Å². The van der Waals surface area contributed by atoms with Crippen LogP contribution in [0.15, 0.2) is 12.7 Å². The maximum absolute atomic E-state index is 10.7. The zero-order valence-corrected chi connectivity index (χ0v) is 13.7. The van der Waals surface area contributed by atoms with Crippen molar-refractivity contribution in [1.82, 2.24) is 19.5 Å². The van der Waals surface area contributed by atoms with Gasteiger partial charge in [0.15, 0.2) is 11.5 Å². The Bertz CT molecular complexity index is 852. The second kappa shape index (κ2) is 4.69. The zero-order valence-electron chi connectivity index (χ0n) is 13.7. The molecular formula is C17H21N5O3. The van der Waals surface area contributed by atoms with Crippen molar-refractivity contribution >= 4 is 17.0 Å². The summed E-state index contributed by atoms with van der Waals surface area (Å²) in [6, 6.07) is 0.554. The molecule has 6 atom stereocenters. The van der Waals surface area contributed by atoms with Gasteiger partial charge in [0.05, 0.1) is 31.7 Å². The summed E-state index contributed by atoms with van der Waals surface area (Å²) in [4.78, 5) is 13.4. The Hall–Kier alpha value is -1.77. The van der Waals surface area contributed by atoms with E-state index in [1.165, 1.54) is 12.8 Å². The van der Waals surface area contributed by atoms with Crippen LogP contribution in [0.2, 0.25) is 0 Å². The van der Waals surface area contributed by atoms with Crippen molar-refractivity contribution in [1.29, 1.82) is 0 Å². The van der Waals surface area contributed by atoms with Crippen LogP contribution in [-0.2, 0) is 4.74 Å². The van der Waals surface area contributed by atoms with Gasteiger partial charge in [0.25, 0.3) is 0 Å². The summed E-state index contributed by atoms with van der Waals surface area (Å²) in [5.74, 6) is 0.954. The predicted molar refractivity (Wildman–Crippen MR) is 87.9 cm³/mol. The Morgan fingerprint density at radius 3 is 3.00 bits per heavy atom. The Morgan fingerprint density at radius 2 is 2.20 bits per heavy atom. The molecule has 3 heterocycles. The van der Waals surface area contributed by atoms with Crippen LogP contribution in [0, 0.1) is 17.3 Å². The lowest BCUT2D eigenvalue weighted by molar-refractivity contribution is -0.0112. The lowest BCUT2D eigenvalue weighted by Crippen LogP contribution is -2.39. The van der Waals surface area contributed by atoms with Gasteiger partial charge in [-0.3, -0.25) is 0 Å². The summed E-state index contributed by atoms with van der Waals surface area (Å²) < 4.78 is 7.96. The number of nitrogens with one attached hydrogen (secondary N) is 1. The summed E-state index contributed by atoms with van der Waals surface area (Å²) in [5, 5.41) is 24.1. The number of hydrogen-bond donors (Lipinski definition) is 3. The van der Waals surface area contributed by atoms with Crippen LogP contribution in [0.25, 0.3) is 11.2 Å². The van der Waals surface area contributed by atoms with Gasteiger partial charge in [-0.2, -0.15) is 0 Å². The van der Waals surface area contributed by atoms with E-state index in [-0.39, 0.29) is 36.0 Å². The van der Waals surface area contributed by atoms with E-state index >= 15 is 0 Å². The summed E-state index contributed by atoms with van der Waals surface area (Å²) in [6.07, 6.45) is 5.84. The molecule has 6 rings (SSSR count). The van der Waals surface area contributed by atoms with Crippen LogP contribution in [0.5, 0.6) is 0 Å². The van der Waals surface area contributed by atoms with Crippen molar-refractivity contribution in [2.75, 3.05) is 18.5 Å². The smallest absolute Gasteiger partial charge is 0.165 e. The molecule has 25 heavy (non-hydrogen) atoms. The quantitative estimate of drug-likeness (QED) is 0.735. The molecule has 4 aliphatic rings. The first-order valence-electron chi connectivity index (χ1n) is 9.06. The minimum Gasteiger partial charge on any atom is -0.396 e. The summed E-state index contributed by atoms with van der Waals surface area (Å²) in [5.41, 5.74) is 1.33. The van der Waals surface area contributed by atoms with E-state index in [1.807, 2.05) is 6.33 Å². The van der Waals surface area contributed by atoms with Crippen LogP contribution < -0.4 is 5.32 Å². The van der Waals surface area contributed by atoms with Crippen LogP contribution in [0.3, 0.4) is 0 Å². The molecular weight excluding hydrogens is 322 g/mol. The monoisotopic (exact) mass is 343 g/mol. The lowest BCUT2D eigenvalue weighted by Gasteiger charge is -2.30. The van der Waals surface area contributed by atoms with Crippen molar-refractivity contribution in [2.24, 2.45) is 17.3 Å². The van der Waals surface area contributed by atoms with E-state index in [2.05, 4.69) is 24.8 Å². The molecule has 0 aromatic carbocycles. The molecule has 3 N–H and O–H groups in total. The fourth-order valence-corrected chi connectivity index (χ4v) is 5.49. The third-order valence-corrected chi connectivity index (χ3v) is 6.76. The van der Waals surface area contributed by atoms with E-state index in [4.69, 9.17) is 4.74 Å². The Kier molecular flexibility index (Phi) is 2.70. The average molecular weight is 343 g/mol. The summed E-state index contributed by atoms with van der Waals surface area (Å²) in [6.45, 7) is 0.628. The maximum Gasteiger partial charge on any atom is 0.165 e. The van der Waals surface area contributed by atoms with Gasteiger partial charge < -0.3 is 24.8 Å². The Balaban J connectivity index is 1.46. The SMILES string of the molecule is OC[C@]12CO[C@@H]3[C@@H](O)[C@H](C1)[C@H](n1cnc4c(NC5CC5)ncnc41)[C@@H]32. The molecule has 8 heteroatoms. The predicted octanol–water partition coefficient (Wildman–Crippen LogP) is 0.330. The highest BCUT2D eigenvalue weighted by Crippen LogP contribution is 2.65. The fraction of sp³-hybridized carbons (Fsp3) is 0.706. The molecule has 2 bridgehead atoms. The second-order valence-corrected chi connectivity index (χ2v) is 8.14. The normalized spacial score (nSPS) is 41.8. The molecule has 8 nitrogen and oxygen atoms in total. The number of nitrogens with zero attached hydrogens (tertiary/aromatic N) is 4. The minimum absolute atomic E-state index is 0.0586. The Labute approximate surface area is 144 Å². The molecule has 0 spiro atoms. The third-order valence-electron chi connectivity index (χ3n) is 6.76. The van der Waals surface area contributed by atoms with Gasteiger partial charge in [0.2, 0.25) is 0 Å². The van der Waals surface area contributed by atoms with Crippen LogP contribution in [0.4, 0.5) is 5.82 Å². The molecule has 1 saturated heterocycles. The van der Waals surface area contributed by atoms with Crippen LogP contribution >= 0.6 is 0 Å². The summed E-state index contributed by atoms with van der Waals surface area (Å²) in [7, 11) is 0. The number of ether oxygens (including phenoxy) is 1. The summed E-state index contributed by atoms with van der Waals surface area (Å²) >= 11 is 0. The molecule has 3 saturated carbocycles. The second-order valence-electron chi connectivity index (χ2n) is 8.14. The number of rotatable bonds is 4. The zero-order chi connectivity index (χ0) is 16.8. The van der Waals surface area contributed by atoms with Gasteiger partial charge in [0.1, 0.15) is 11.8 Å². The van der Waals surface area contributed by atoms with Crippen molar-refractivity contribution in [3.8, 4) is 0 Å². The van der Waals surface area contributed by atoms with E-state index in [0.29, 0.717) is 12.6 Å². The van der Waals surface area contributed by atoms with Crippen molar-refractivity contribution in [2.45, 2.75) is 43.6 Å². The number of anilines is 1. The molecule has 0 amide bonds. The van der Waals surface area contributed by atoms with Gasteiger partial charge in [0, 0.05) is 29.3 Å². The first-order valence-corrected chi connectivity index (χ1v) is 9.06. The van der Waals surface area contributed by atoms with Crippen LogP contribution in [0.1, 0.15) is 25.3 Å². The molecule has 4 fully saturated rings. The fourth-order valence-electron chi connectivity index (χ4n) is 5.49. The van der Waals surface area contributed by atoms with Crippen LogP contribution in [-0.4, -0.2) is 61.2 Å². The third kappa shape index (κ3) is 1.74. The van der Waals surface area contributed by atoms with E-state index in [9.17, 15) is 10.2 Å². The number of aliphatic hydroxyl groups excluding tert-OH is 2. The molecule has 1 aliphatic heterocycles. The van der Waals surface area contributed by atoms with Gasteiger partial charge in [-0.05, 0) is 19.3 Å². The van der Waals surface area contributed by atoms with Gasteiger partial charge in [-0.1, -0.05) is 0 Å². The largest absolute Gasteiger partial charge is 0.396 e. The first-order chi connectivity index (χ1) is 12.2. The average Bonchev–Trinajstić information content (AvgIpc) is 3.02. The van der Waals surface area contributed by atoms with Crippen molar-refractivity contribution in [3.05, 3.63) is 12.7 Å². The highest BCUT2D eigenvalue weighted by molar-refractivity contribution is 5.83. The number of fused-ring (bicyclic) bond motifs is 2. The van der Waals surface area contributed by atoms with Crippen molar-refractivity contribution in [3.63, 3.8) is 0 Å². The van der Waals surface area contributed by atoms with E-state index < -0.39 is 6.10 Å². The molecule has 2 aromatic heterocycles. The number of imidazole rings is 1. The molecule has 132 valence electrons. The van der Waals surface area contributed by atoms with Gasteiger partial charge in [-0.15, -0.1) is 0 Å². The van der Waals surface area contributed by atoms with Gasteiger partial charge >= 0.3 is 0 Å². The topological polar surface area (TPSA) is 105 Å². The molecule has 3 aliphatic carbocycles. The highest BCUT2D eigenvalue weighted by Gasteiger charge is 2.70. The van der Waals surface area contributed by atoms with Crippen molar-refractivity contribution < 1.29 is 14.9 Å². The Morgan fingerprint density at radius 1 is 1.32 bits per heavy atom. The lowest BCUT2D eigenvalue weighted by atomic mass is 9.74. The highest BCUT2D eigenvalue weighted by atomic mass is 16.5. The molecule has 2 aromatic rings. The van der Waals surface area contributed by atoms with Gasteiger partial charge in [-0.25, -0.2) is 15.0 Å².